The Hall–Kier alpha value is -2.19. The van der Waals surface area contributed by atoms with Gasteiger partial charge < -0.3 is 0 Å². The highest BCUT2D eigenvalue weighted by Gasteiger charge is 2.13. The minimum absolute atomic E-state index is 0.0699. The lowest BCUT2D eigenvalue weighted by molar-refractivity contribution is -0.384. The highest BCUT2D eigenvalue weighted by atomic mass is 32.2. The highest BCUT2D eigenvalue weighted by molar-refractivity contribution is 7.98. The van der Waals surface area contributed by atoms with Crippen molar-refractivity contribution < 1.29 is 4.92 Å². The van der Waals surface area contributed by atoms with E-state index in [1.807, 2.05) is 17.0 Å². The molecule has 1 aliphatic rings. The SMILES string of the molecule is CSc1nnc(-c2ccc([N+](=O)[O-])cc2)n1C=CCN1CCCCC1. The topological polar surface area (TPSA) is 77.1 Å². The predicted molar refractivity (Wildman–Crippen MR) is 99.5 cm³/mol. The van der Waals surface area contributed by atoms with Crippen LogP contribution in [0.5, 0.6) is 0 Å². The van der Waals surface area contributed by atoms with Crippen molar-refractivity contribution in [3.05, 3.63) is 40.5 Å². The summed E-state index contributed by atoms with van der Waals surface area (Å²) in [6, 6.07) is 6.40. The van der Waals surface area contributed by atoms with Crippen LogP contribution in [0.25, 0.3) is 17.6 Å². The van der Waals surface area contributed by atoms with E-state index in [0.29, 0.717) is 5.82 Å². The second-order valence-corrected chi connectivity index (χ2v) is 6.70. The van der Waals surface area contributed by atoms with Crippen LogP contribution in [-0.2, 0) is 0 Å². The summed E-state index contributed by atoms with van der Waals surface area (Å²) in [5.41, 5.74) is 0.876. The van der Waals surface area contributed by atoms with E-state index in [1.54, 1.807) is 12.1 Å². The molecule has 25 heavy (non-hydrogen) atoms. The van der Waals surface area contributed by atoms with Crippen molar-refractivity contribution in [2.24, 2.45) is 0 Å². The molecular weight excluding hydrogens is 338 g/mol. The van der Waals surface area contributed by atoms with Crippen molar-refractivity contribution in [1.82, 2.24) is 19.7 Å². The van der Waals surface area contributed by atoms with Gasteiger partial charge in [-0.3, -0.25) is 19.6 Å². The van der Waals surface area contributed by atoms with E-state index in [2.05, 4.69) is 21.2 Å². The Morgan fingerprint density at radius 1 is 1.20 bits per heavy atom. The van der Waals surface area contributed by atoms with Gasteiger partial charge in [0.2, 0.25) is 0 Å². The van der Waals surface area contributed by atoms with Crippen LogP contribution >= 0.6 is 11.8 Å². The van der Waals surface area contributed by atoms with Crippen LogP contribution in [0.1, 0.15) is 19.3 Å². The van der Waals surface area contributed by atoms with Gasteiger partial charge in [0.05, 0.1) is 4.92 Å². The second-order valence-electron chi connectivity index (χ2n) is 5.93. The summed E-state index contributed by atoms with van der Waals surface area (Å²) in [4.78, 5) is 12.8. The molecule has 0 N–H and O–H groups in total. The fourth-order valence-electron chi connectivity index (χ4n) is 2.92. The number of hydrogen-bond donors (Lipinski definition) is 0. The van der Waals surface area contributed by atoms with Crippen molar-refractivity contribution in [1.29, 1.82) is 0 Å². The zero-order chi connectivity index (χ0) is 17.6. The number of nitro groups is 1. The number of thioether (sulfide) groups is 1. The summed E-state index contributed by atoms with van der Waals surface area (Å²) in [6.07, 6.45) is 9.95. The fourth-order valence-corrected chi connectivity index (χ4v) is 3.39. The number of non-ortho nitro benzene ring substituents is 1. The van der Waals surface area contributed by atoms with Crippen LogP contribution in [0.4, 0.5) is 5.69 Å². The van der Waals surface area contributed by atoms with Crippen molar-refractivity contribution in [2.75, 3.05) is 25.9 Å². The summed E-state index contributed by atoms with van der Waals surface area (Å²) < 4.78 is 1.94. The normalized spacial score (nSPS) is 15.7. The molecule has 1 saturated heterocycles. The average molecular weight is 359 g/mol. The average Bonchev–Trinajstić information content (AvgIpc) is 3.05. The van der Waals surface area contributed by atoms with E-state index in [0.717, 1.165) is 30.4 Å². The van der Waals surface area contributed by atoms with Crippen molar-refractivity contribution >= 4 is 23.6 Å². The van der Waals surface area contributed by atoms with Gasteiger partial charge in [0.15, 0.2) is 11.0 Å². The molecule has 1 aliphatic heterocycles. The molecule has 0 unspecified atom stereocenters. The van der Waals surface area contributed by atoms with Crippen molar-refractivity contribution in [2.45, 2.75) is 24.4 Å². The van der Waals surface area contributed by atoms with Gasteiger partial charge in [-0.1, -0.05) is 24.3 Å². The molecule has 1 aromatic heterocycles. The third-order valence-electron chi connectivity index (χ3n) is 4.25. The first-order valence-corrected chi connectivity index (χ1v) is 9.54. The molecule has 0 radical (unpaired) electrons. The molecular formula is C17H21N5O2S. The first-order chi connectivity index (χ1) is 12.2. The molecule has 1 aromatic carbocycles. The number of aromatic nitrogens is 3. The third kappa shape index (κ3) is 4.26. The Kier molecular flexibility index (Phi) is 5.83. The standard InChI is InChI=1S/C17H21N5O2S/c1-25-17-19-18-16(14-6-8-15(9-7-14)22(23)24)21(17)13-5-12-20-10-3-2-4-11-20/h5-9,13H,2-4,10-12H2,1H3. The summed E-state index contributed by atoms with van der Waals surface area (Å²) in [6.45, 7) is 3.21. The Labute approximate surface area is 150 Å². The molecule has 1 fully saturated rings. The van der Waals surface area contributed by atoms with Gasteiger partial charge in [-0.05, 0) is 44.3 Å². The molecule has 0 bridgehead atoms. The van der Waals surface area contributed by atoms with Gasteiger partial charge in [0, 0.05) is 30.4 Å². The van der Waals surface area contributed by atoms with Crippen molar-refractivity contribution in [3.63, 3.8) is 0 Å². The van der Waals surface area contributed by atoms with E-state index in [9.17, 15) is 10.1 Å². The molecule has 3 rings (SSSR count). The molecule has 0 atom stereocenters. The molecule has 0 saturated carbocycles. The van der Waals surface area contributed by atoms with Crippen LogP contribution in [-0.4, -0.2) is 50.5 Å². The smallest absolute Gasteiger partial charge is 0.269 e. The zero-order valence-corrected chi connectivity index (χ0v) is 15.0. The number of nitro benzene ring substituents is 1. The monoisotopic (exact) mass is 359 g/mol. The molecule has 7 nitrogen and oxygen atoms in total. The Morgan fingerprint density at radius 3 is 2.56 bits per heavy atom. The number of likely N-dealkylation sites (tertiary alicyclic amines) is 1. The van der Waals surface area contributed by atoms with E-state index < -0.39 is 4.92 Å². The van der Waals surface area contributed by atoms with Crippen LogP contribution < -0.4 is 0 Å². The first kappa shape index (κ1) is 17.6. The van der Waals surface area contributed by atoms with Crippen LogP contribution in [0.15, 0.2) is 35.5 Å². The molecule has 0 amide bonds. The molecule has 0 aliphatic carbocycles. The van der Waals surface area contributed by atoms with E-state index in [1.165, 1.54) is 43.2 Å². The predicted octanol–water partition coefficient (Wildman–Crippen LogP) is 3.53. The van der Waals surface area contributed by atoms with Crippen molar-refractivity contribution in [3.8, 4) is 11.4 Å². The Morgan fingerprint density at radius 2 is 1.92 bits per heavy atom. The summed E-state index contributed by atoms with van der Waals surface area (Å²) >= 11 is 1.52. The maximum Gasteiger partial charge on any atom is 0.269 e. The molecule has 0 spiro atoms. The lowest BCUT2D eigenvalue weighted by Crippen LogP contribution is -2.29. The maximum absolute atomic E-state index is 10.8. The maximum atomic E-state index is 10.8. The van der Waals surface area contributed by atoms with Crippen LogP contribution in [0, 0.1) is 10.1 Å². The van der Waals surface area contributed by atoms with Gasteiger partial charge in [-0.2, -0.15) is 0 Å². The van der Waals surface area contributed by atoms with Gasteiger partial charge >= 0.3 is 0 Å². The van der Waals surface area contributed by atoms with Gasteiger partial charge in [-0.15, -0.1) is 10.2 Å². The van der Waals surface area contributed by atoms with E-state index in [-0.39, 0.29) is 5.69 Å². The van der Waals surface area contributed by atoms with Crippen LogP contribution in [0.3, 0.4) is 0 Å². The lowest BCUT2D eigenvalue weighted by Gasteiger charge is -2.24. The summed E-state index contributed by atoms with van der Waals surface area (Å²) in [5.74, 6) is 0.689. The molecule has 132 valence electrons. The van der Waals surface area contributed by atoms with E-state index in [4.69, 9.17) is 0 Å². The number of piperidine rings is 1. The van der Waals surface area contributed by atoms with E-state index >= 15 is 0 Å². The Balaban J connectivity index is 1.80. The largest absolute Gasteiger partial charge is 0.300 e. The minimum Gasteiger partial charge on any atom is -0.300 e. The zero-order valence-electron chi connectivity index (χ0n) is 14.2. The van der Waals surface area contributed by atoms with Gasteiger partial charge in [0.25, 0.3) is 5.69 Å². The molecule has 2 aromatic rings. The first-order valence-electron chi connectivity index (χ1n) is 8.32. The van der Waals surface area contributed by atoms with Crippen LogP contribution in [0.2, 0.25) is 0 Å². The second kappa shape index (κ2) is 8.26. The quantitative estimate of drug-likeness (QED) is 0.446. The number of hydrogen-bond acceptors (Lipinski definition) is 6. The number of nitrogens with zero attached hydrogens (tertiary/aromatic N) is 5. The van der Waals surface area contributed by atoms with Gasteiger partial charge in [-0.25, -0.2) is 0 Å². The number of benzene rings is 1. The third-order valence-corrected chi connectivity index (χ3v) is 4.89. The highest BCUT2D eigenvalue weighted by Crippen LogP contribution is 2.25. The Bertz CT molecular complexity index is 751. The summed E-state index contributed by atoms with van der Waals surface area (Å²) in [5, 5.41) is 20.1. The van der Waals surface area contributed by atoms with Gasteiger partial charge in [0.1, 0.15) is 0 Å². The minimum atomic E-state index is -0.402. The molecule has 2 heterocycles. The lowest BCUT2D eigenvalue weighted by atomic mass is 10.1. The number of rotatable bonds is 6. The molecule has 8 heteroatoms. The summed E-state index contributed by atoms with van der Waals surface area (Å²) in [7, 11) is 0. The fraction of sp³-hybridized carbons (Fsp3) is 0.412.